The Bertz CT molecular complexity index is 681. The quantitative estimate of drug-likeness (QED) is 0.353. The van der Waals surface area contributed by atoms with Crippen molar-refractivity contribution in [3.8, 4) is 0 Å². The maximum atomic E-state index is 11.8. The summed E-state index contributed by atoms with van der Waals surface area (Å²) >= 11 is 0. The highest BCUT2D eigenvalue weighted by atomic mass is 16.6. The lowest BCUT2D eigenvalue weighted by Gasteiger charge is -2.14. The molecule has 0 aliphatic heterocycles. The zero-order valence-electron chi connectivity index (χ0n) is 15.0. The third kappa shape index (κ3) is 6.26. The molecule has 144 valence electrons. The number of Topliss-reactive ketones (excluding diaryl/α,β-unsaturated/α-hetero) is 1. The number of hydrogen-bond acceptors (Lipinski definition) is 7. The minimum absolute atomic E-state index is 0.0796. The fourth-order valence-electron chi connectivity index (χ4n) is 2.40. The van der Waals surface area contributed by atoms with Crippen LogP contribution in [-0.2, 0) is 25.7 Å². The van der Waals surface area contributed by atoms with Gasteiger partial charge < -0.3 is 20.0 Å². The Morgan fingerprint density at radius 3 is 2.54 bits per heavy atom. The first-order chi connectivity index (χ1) is 12.1. The molecule has 10 heteroatoms. The van der Waals surface area contributed by atoms with Crippen LogP contribution >= 0.6 is 0 Å². The van der Waals surface area contributed by atoms with Crippen molar-refractivity contribution in [2.75, 3.05) is 6.61 Å². The van der Waals surface area contributed by atoms with Crippen LogP contribution in [0.5, 0.6) is 0 Å². The van der Waals surface area contributed by atoms with Gasteiger partial charge in [-0.15, -0.1) is 0 Å². The van der Waals surface area contributed by atoms with Crippen LogP contribution in [0, 0.1) is 28.9 Å². The molecule has 0 spiro atoms. The summed E-state index contributed by atoms with van der Waals surface area (Å²) in [5.41, 5.74) is 0. The molecule has 0 radical (unpaired) electrons. The number of rotatable bonds is 11. The first kappa shape index (κ1) is 21.3. The molecular weight excluding hydrogens is 346 g/mol. The van der Waals surface area contributed by atoms with Gasteiger partial charge in [-0.05, 0) is 10.8 Å². The van der Waals surface area contributed by atoms with Crippen LogP contribution in [0.15, 0.2) is 6.20 Å². The number of aromatic nitrogens is 2. The second kappa shape index (κ2) is 9.64. The van der Waals surface area contributed by atoms with Crippen molar-refractivity contribution in [3.63, 3.8) is 0 Å². The zero-order chi connectivity index (χ0) is 19.9. The molecule has 1 rings (SSSR count). The fraction of sp³-hybridized carbons (Fsp3) is 0.625. The van der Waals surface area contributed by atoms with Gasteiger partial charge in [-0.3, -0.25) is 14.4 Å². The highest BCUT2D eigenvalue weighted by Crippen LogP contribution is 2.17. The van der Waals surface area contributed by atoms with Crippen molar-refractivity contribution in [2.24, 2.45) is 11.8 Å². The molecule has 10 nitrogen and oxygen atoms in total. The normalized spacial score (nSPS) is 12.0. The first-order valence-electron chi connectivity index (χ1n) is 8.20. The predicted molar refractivity (Wildman–Crippen MR) is 89.4 cm³/mol. The van der Waals surface area contributed by atoms with E-state index >= 15 is 0 Å². The largest absolute Gasteiger partial charge is 0.481 e. The fourth-order valence-corrected chi connectivity index (χ4v) is 2.40. The number of carbonyl (C=O) groups excluding carboxylic acids is 2. The zero-order valence-corrected chi connectivity index (χ0v) is 15.0. The third-order valence-corrected chi connectivity index (χ3v) is 3.98. The third-order valence-electron chi connectivity index (χ3n) is 3.98. The van der Waals surface area contributed by atoms with E-state index in [2.05, 4.69) is 4.98 Å². The number of esters is 1. The van der Waals surface area contributed by atoms with E-state index in [0.29, 0.717) is 5.82 Å². The number of carboxylic acid groups (broad SMARTS) is 1. The summed E-state index contributed by atoms with van der Waals surface area (Å²) in [5.74, 6) is -2.69. The van der Waals surface area contributed by atoms with Gasteiger partial charge in [0.2, 0.25) is 0 Å². The Morgan fingerprint density at radius 2 is 2.00 bits per heavy atom. The van der Waals surface area contributed by atoms with E-state index in [0.717, 1.165) is 6.20 Å². The van der Waals surface area contributed by atoms with E-state index in [9.17, 15) is 24.5 Å². The molecule has 0 aliphatic rings. The number of ether oxygens (including phenoxy) is 1. The van der Waals surface area contributed by atoms with Crippen molar-refractivity contribution in [3.05, 3.63) is 22.1 Å². The van der Waals surface area contributed by atoms with Gasteiger partial charge in [0.05, 0.1) is 12.3 Å². The molecule has 1 atom stereocenters. The summed E-state index contributed by atoms with van der Waals surface area (Å²) in [5, 5.41) is 19.9. The molecule has 0 saturated heterocycles. The van der Waals surface area contributed by atoms with Gasteiger partial charge in [0.1, 0.15) is 25.1 Å². The lowest BCUT2D eigenvalue weighted by Crippen LogP contribution is -2.23. The van der Waals surface area contributed by atoms with Crippen molar-refractivity contribution >= 4 is 23.5 Å². The first-order valence-corrected chi connectivity index (χ1v) is 8.20. The Hall–Kier alpha value is -2.78. The molecule has 0 aromatic carbocycles. The number of nitro groups is 1. The molecular formula is C16H23N3O7. The summed E-state index contributed by atoms with van der Waals surface area (Å²) < 4.78 is 6.29. The van der Waals surface area contributed by atoms with E-state index < -0.39 is 22.8 Å². The van der Waals surface area contributed by atoms with E-state index in [1.54, 1.807) is 20.8 Å². The van der Waals surface area contributed by atoms with Crippen LogP contribution in [0.3, 0.4) is 0 Å². The van der Waals surface area contributed by atoms with Gasteiger partial charge in [-0.2, -0.15) is 0 Å². The highest BCUT2D eigenvalue weighted by molar-refractivity contribution is 5.86. The van der Waals surface area contributed by atoms with Crippen molar-refractivity contribution in [1.29, 1.82) is 0 Å². The number of aryl methyl sites for hydroxylation is 1. The Labute approximate surface area is 150 Å². The maximum absolute atomic E-state index is 11.8. The van der Waals surface area contributed by atoms with E-state index in [1.165, 1.54) is 4.57 Å². The number of ketones is 1. The number of imidazole rings is 1. The van der Waals surface area contributed by atoms with Crippen LogP contribution in [0.2, 0.25) is 0 Å². The number of hydrogen-bond donors (Lipinski definition) is 1. The molecule has 1 heterocycles. The maximum Gasteiger partial charge on any atom is 0.342 e. The minimum atomic E-state index is -1.03. The number of aliphatic carboxylic acids is 1. The van der Waals surface area contributed by atoms with Crippen LogP contribution in [0.4, 0.5) is 5.82 Å². The van der Waals surface area contributed by atoms with E-state index in [1.807, 2.05) is 0 Å². The Morgan fingerprint density at radius 1 is 1.35 bits per heavy atom. The van der Waals surface area contributed by atoms with E-state index in [-0.39, 0.29) is 49.9 Å². The van der Waals surface area contributed by atoms with Crippen molar-refractivity contribution in [1.82, 2.24) is 9.55 Å². The molecule has 0 bridgehead atoms. The molecule has 0 amide bonds. The van der Waals surface area contributed by atoms with Crippen molar-refractivity contribution in [2.45, 2.75) is 46.6 Å². The minimum Gasteiger partial charge on any atom is -0.481 e. The summed E-state index contributed by atoms with van der Waals surface area (Å²) in [7, 11) is 0. The standard InChI is InChI=1S/C16H23N3O7/c1-10(2)13(16(22)23)8-12(20)4-5-15(21)26-7-6-18-11(3)17-9-14(18)19(24)25/h9-10,13H,4-8H2,1-3H3,(H,22,23)/t13-/m0/s1. The SMILES string of the molecule is Cc1ncc([N+](=O)[O-])n1CCOC(=O)CCC(=O)C[C@H](C(=O)O)C(C)C. The van der Waals surface area contributed by atoms with Gasteiger partial charge >= 0.3 is 17.8 Å². The molecule has 1 aromatic heterocycles. The Kier molecular flexibility index (Phi) is 7.88. The predicted octanol–water partition coefficient (Wildman–Crippen LogP) is 1.74. The van der Waals surface area contributed by atoms with Gasteiger partial charge in [-0.25, -0.2) is 9.55 Å². The second-order valence-electron chi connectivity index (χ2n) is 6.22. The Balaban J connectivity index is 2.39. The number of carboxylic acids is 1. The monoisotopic (exact) mass is 369 g/mol. The summed E-state index contributed by atoms with van der Waals surface area (Å²) in [6, 6.07) is 0. The lowest BCUT2D eigenvalue weighted by atomic mass is 9.90. The van der Waals surface area contributed by atoms with E-state index in [4.69, 9.17) is 9.84 Å². The molecule has 0 unspecified atom stereocenters. The molecule has 1 N–H and O–H groups in total. The average molecular weight is 369 g/mol. The molecule has 1 aromatic rings. The van der Waals surface area contributed by atoms with Crippen LogP contribution in [0.25, 0.3) is 0 Å². The molecule has 0 fully saturated rings. The summed E-state index contributed by atoms with van der Waals surface area (Å²) in [6.07, 6.45) is 0.748. The van der Waals surface area contributed by atoms with Crippen LogP contribution < -0.4 is 0 Å². The van der Waals surface area contributed by atoms with Gasteiger partial charge in [0.25, 0.3) is 0 Å². The van der Waals surface area contributed by atoms with Gasteiger partial charge in [0, 0.05) is 19.8 Å². The van der Waals surface area contributed by atoms with Gasteiger partial charge in [0.15, 0.2) is 5.82 Å². The number of carbonyl (C=O) groups is 3. The molecule has 26 heavy (non-hydrogen) atoms. The number of nitrogens with zero attached hydrogens (tertiary/aromatic N) is 3. The smallest absolute Gasteiger partial charge is 0.342 e. The molecule has 0 saturated carbocycles. The summed E-state index contributed by atoms with van der Waals surface area (Å²) in [6.45, 7) is 5.03. The van der Waals surface area contributed by atoms with Crippen LogP contribution in [-0.4, -0.2) is 43.9 Å². The highest BCUT2D eigenvalue weighted by Gasteiger charge is 2.24. The average Bonchev–Trinajstić information content (AvgIpc) is 2.91. The summed E-state index contributed by atoms with van der Waals surface area (Å²) in [4.78, 5) is 48.7. The second-order valence-corrected chi connectivity index (χ2v) is 6.22. The van der Waals surface area contributed by atoms with Crippen molar-refractivity contribution < 1.29 is 29.2 Å². The van der Waals surface area contributed by atoms with Gasteiger partial charge in [-0.1, -0.05) is 13.8 Å². The van der Waals surface area contributed by atoms with Crippen LogP contribution in [0.1, 0.15) is 38.9 Å². The topological polar surface area (TPSA) is 142 Å². The lowest BCUT2D eigenvalue weighted by molar-refractivity contribution is -0.392. The molecule has 0 aliphatic carbocycles.